The van der Waals surface area contributed by atoms with Gasteiger partial charge in [0.15, 0.2) is 0 Å². The van der Waals surface area contributed by atoms with Crippen LogP contribution in [0.5, 0.6) is 0 Å². The summed E-state index contributed by atoms with van der Waals surface area (Å²) in [4.78, 5) is 14.4. The van der Waals surface area contributed by atoms with Crippen molar-refractivity contribution >= 4 is 11.8 Å². The van der Waals surface area contributed by atoms with Crippen molar-refractivity contribution in [3.05, 3.63) is 12.3 Å². The summed E-state index contributed by atoms with van der Waals surface area (Å²) in [5, 5.41) is 3.61. The lowest BCUT2D eigenvalue weighted by molar-refractivity contribution is 0.240. The van der Waals surface area contributed by atoms with Gasteiger partial charge in [-0.05, 0) is 50.5 Å². The highest BCUT2D eigenvalue weighted by molar-refractivity contribution is 5.43. The second-order valence-electron chi connectivity index (χ2n) is 8.34. The monoisotopic (exact) mass is 343 g/mol. The maximum atomic E-state index is 4.82. The van der Waals surface area contributed by atoms with Crippen LogP contribution in [0.4, 0.5) is 11.8 Å². The summed E-state index contributed by atoms with van der Waals surface area (Å²) in [6.45, 7) is 7.03. The number of nitrogens with one attached hydrogen (secondary N) is 1. The van der Waals surface area contributed by atoms with E-state index in [2.05, 4.69) is 33.1 Å². The summed E-state index contributed by atoms with van der Waals surface area (Å²) >= 11 is 0. The van der Waals surface area contributed by atoms with Crippen LogP contribution in [0.3, 0.4) is 0 Å². The molecule has 3 fully saturated rings. The summed E-state index contributed by atoms with van der Waals surface area (Å²) < 4.78 is 0. The molecule has 1 saturated carbocycles. The minimum atomic E-state index is 0.496. The minimum Gasteiger partial charge on any atom is -0.356 e. The SMILES string of the molecule is CC1CCC(N2CCC(Nc3nccc(N4CCCCCC4)n3)C2)C1. The fraction of sp³-hybridized carbons (Fsp3) is 0.800. The van der Waals surface area contributed by atoms with Crippen molar-refractivity contribution < 1.29 is 0 Å². The molecule has 0 aromatic carbocycles. The number of aromatic nitrogens is 2. The summed E-state index contributed by atoms with van der Waals surface area (Å²) in [5.74, 6) is 2.82. The molecule has 5 heteroatoms. The first kappa shape index (κ1) is 17.1. The van der Waals surface area contributed by atoms with Crippen LogP contribution in [0.15, 0.2) is 12.3 Å². The summed E-state index contributed by atoms with van der Waals surface area (Å²) in [7, 11) is 0. The average Bonchev–Trinajstić information content (AvgIpc) is 3.16. The molecule has 1 N–H and O–H groups in total. The van der Waals surface area contributed by atoms with E-state index in [0.29, 0.717) is 6.04 Å². The highest BCUT2D eigenvalue weighted by Gasteiger charge is 2.32. The number of anilines is 2. The van der Waals surface area contributed by atoms with Crippen molar-refractivity contribution in [1.82, 2.24) is 14.9 Å². The largest absolute Gasteiger partial charge is 0.356 e. The summed E-state index contributed by atoms with van der Waals surface area (Å²) in [6.07, 6.45) is 12.6. The van der Waals surface area contributed by atoms with Gasteiger partial charge >= 0.3 is 0 Å². The van der Waals surface area contributed by atoms with Crippen LogP contribution in [0.25, 0.3) is 0 Å². The third kappa shape index (κ3) is 4.25. The third-order valence-electron chi connectivity index (χ3n) is 6.31. The molecule has 1 aromatic rings. The Morgan fingerprint density at radius 2 is 1.88 bits per heavy atom. The summed E-state index contributed by atoms with van der Waals surface area (Å²) in [5.41, 5.74) is 0. The molecular weight excluding hydrogens is 310 g/mol. The second kappa shape index (κ2) is 7.90. The van der Waals surface area contributed by atoms with Crippen molar-refractivity contribution in [1.29, 1.82) is 0 Å². The molecule has 1 aliphatic carbocycles. The van der Waals surface area contributed by atoms with Gasteiger partial charge in [0.25, 0.3) is 0 Å². The van der Waals surface area contributed by atoms with Gasteiger partial charge in [0, 0.05) is 44.5 Å². The van der Waals surface area contributed by atoms with Gasteiger partial charge in [0.2, 0.25) is 5.95 Å². The Bertz CT molecular complexity index is 555. The maximum absolute atomic E-state index is 4.82. The van der Waals surface area contributed by atoms with Crippen LogP contribution < -0.4 is 10.2 Å². The molecule has 3 unspecified atom stereocenters. The molecule has 3 aliphatic rings. The predicted octanol–water partition coefficient (Wildman–Crippen LogP) is 3.53. The van der Waals surface area contributed by atoms with Crippen LogP contribution in [-0.4, -0.2) is 53.1 Å². The Morgan fingerprint density at radius 3 is 2.64 bits per heavy atom. The molecule has 2 aliphatic heterocycles. The third-order valence-corrected chi connectivity index (χ3v) is 6.31. The lowest BCUT2D eigenvalue weighted by Gasteiger charge is -2.24. The van der Waals surface area contributed by atoms with E-state index < -0.39 is 0 Å². The van der Waals surface area contributed by atoms with E-state index in [-0.39, 0.29) is 0 Å². The molecule has 0 bridgehead atoms. The lowest BCUT2D eigenvalue weighted by Crippen LogP contribution is -2.34. The smallest absolute Gasteiger partial charge is 0.224 e. The fourth-order valence-electron chi connectivity index (χ4n) is 4.82. The number of hydrogen-bond donors (Lipinski definition) is 1. The molecule has 25 heavy (non-hydrogen) atoms. The zero-order chi connectivity index (χ0) is 17.1. The number of nitrogens with zero attached hydrogens (tertiary/aromatic N) is 4. The molecule has 1 aromatic heterocycles. The van der Waals surface area contributed by atoms with Gasteiger partial charge < -0.3 is 10.2 Å². The molecule has 138 valence electrons. The molecular formula is C20H33N5. The topological polar surface area (TPSA) is 44.3 Å². The van der Waals surface area contributed by atoms with Crippen LogP contribution in [-0.2, 0) is 0 Å². The Balaban J connectivity index is 1.34. The van der Waals surface area contributed by atoms with Crippen LogP contribution in [0, 0.1) is 5.92 Å². The van der Waals surface area contributed by atoms with E-state index in [4.69, 9.17) is 4.98 Å². The Morgan fingerprint density at radius 1 is 1.04 bits per heavy atom. The maximum Gasteiger partial charge on any atom is 0.224 e. The molecule has 3 atom stereocenters. The van der Waals surface area contributed by atoms with E-state index in [1.165, 1.54) is 57.9 Å². The van der Waals surface area contributed by atoms with E-state index in [9.17, 15) is 0 Å². The van der Waals surface area contributed by atoms with Crippen LogP contribution in [0.2, 0.25) is 0 Å². The van der Waals surface area contributed by atoms with Crippen LogP contribution in [0.1, 0.15) is 58.3 Å². The molecule has 5 nitrogen and oxygen atoms in total. The van der Waals surface area contributed by atoms with Crippen molar-refractivity contribution in [2.45, 2.75) is 70.4 Å². The van der Waals surface area contributed by atoms with Gasteiger partial charge in [0.05, 0.1) is 0 Å². The Labute approximate surface area is 152 Å². The van der Waals surface area contributed by atoms with Crippen molar-refractivity contribution in [2.75, 3.05) is 36.4 Å². The quantitative estimate of drug-likeness (QED) is 0.906. The Hall–Kier alpha value is -1.36. The van der Waals surface area contributed by atoms with Gasteiger partial charge in [-0.25, -0.2) is 4.98 Å². The van der Waals surface area contributed by atoms with E-state index in [0.717, 1.165) is 43.4 Å². The lowest BCUT2D eigenvalue weighted by atomic mass is 10.1. The second-order valence-corrected chi connectivity index (χ2v) is 8.34. The van der Waals surface area contributed by atoms with E-state index in [1.54, 1.807) is 0 Å². The highest BCUT2D eigenvalue weighted by atomic mass is 15.3. The van der Waals surface area contributed by atoms with Crippen molar-refractivity contribution in [3.8, 4) is 0 Å². The molecule has 2 saturated heterocycles. The van der Waals surface area contributed by atoms with Crippen molar-refractivity contribution in [2.24, 2.45) is 5.92 Å². The Kier molecular flexibility index (Phi) is 5.39. The molecule has 4 rings (SSSR count). The van der Waals surface area contributed by atoms with Gasteiger partial charge in [-0.2, -0.15) is 4.98 Å². The van der Waals surface area contributed by atoms with Crippen LogP contribution >= 0.6 is 0 Å². The van der Waals surface area contributed by atoms with Gasteiger partial charge in [-0.1, -0.05) is 19.8 Å². The zero-order valence-electron chi connectivity index (χ0n) is 15.7. The van der Waals surface area contributed by atoms with Crippen molar-refractivity contribution in [3.63, 3.8) is 0 Å². The minimum absolute atomic E-state index is 0.496. The average molecular weight is 344 g/mol. The first-order valence-corrected chi connectivity index (χ1v) is 10.4. The van der Waals surface area contributed by atoms with Gasteiger partial charge in [-0.15, -0.1) is 0 Å². The standard InChI is InChI=1S/C20H33N5/c1-16-6-7-18(14-16)25-13-9-17(15-25)22-20-21-10-8-19(23-20)24-11-4-2-3-5-12-24/h8,10,16-18H,2-7,9,11-15H2,1H3,(H,21,22,23). The molecule has 3 heterocycles. The fourth-order valence-corrected chi connectivity index (χ4v) is 4.82. The van der Waals surface area contributed by atoms with Gasteiger partial charge in [-0.3, -0.25) is 4.90 Å². The van der Waals surface area contributed by atoms with E-state index in [1.807, 2.05) is 6.20 Å². The highest BCUT2D eigenvalue weighted by Crippen LogP contribution is 2.31. The van der Waals surface area contributed by atoms with E-state index >= 15 is 0 Å². The summed E-state index contributed by atoms with van der Waals surface area (Å²) in [6, 6.07) is 3.37. The number of hydrogen-bond acceptors (Lipinski definition) is 5. The first-order valence-electron chi connectivity index (χ1n) is 10.4. The normalized spacial score (nSPS) is 31.2. The zero-order valence-corrected chi connectivity index (χ0v) is 15.7. The molecule has 0 amide bonds. The first-order chi connectivity index (χ1) is 12.3. The number of rotatable bonds is 4. The molecule has 0 radical (unpaired) electrons. The number of likely N-dealkylation sites (tertiary alicyclic amines) is 1. The van der Waals surface area contributed by atoms with Gasteiger partial charge in [0.1, 0.15) is 5.82 Å². The predicted molar refractivity (Wildman–Crippen MR) is 103 cm³/mol. The molecule has 0 spiro atoms.